The van der Waals surface area contributed by atoms with Crippen molar-refractivity contribution in [1.29, 1.82) is 0 Å². The van der Waals surface area contributed by atoms with Crippen molar-refractivity contribution in [2.45, 2.75) is 51.8 Å². The molecule has 0 atom stereocenters. The van der Waals surface area contributed by atoms with Gasteiger partial charge in [0.1, 0.15) is 5.60 Å². The van der Waals surface area contributed by atoms with Gasteiger partial charge in [-0.05, 0) is 34.6 Å². The Morgan fingerprint density at radius 1 is 1.29 bits per heavy atom. The van der Waals surface area contributed by atoms with Gasteiger partial charge in [0.25, 0.3) is 0 Å². The average Bonchev–Trinajstić information content (AvgIpc) is 2.06. The van der Waals surface area contributed by atoms with Crippen LogP contribution in [0.4, 0.5) is 4.79 Å². The van der Waals surface area contributed by atoms with Crippen molar-refractivity contribution in [1.82, 2.24) is 16.0 Å². The molecule has 1 aliphatic heterocycles. The second-order valence-electron chi connectivity index (χ2n) is 6.24. The van der Waals surface area contributed by atoms with Crippen LogP contribution in [0.25, 0.3) is 0 Å². The Labute approximate surface area is 104 Å². The van der Waals surface area contributed by atoms with E-state index in [-0.39, 0.29) is 11.6 Å². The summed E-state index contributed by atoms with van der Waals surface area (Å²) in [6.45, 7) is 12.3. The van der Waals surface area contributed by atoms with Gasteiger partial charge in [-0.15, -0.1) is 0 Å². The van der Waals surface area contributed by atoms with Crippen LogP contribution < -0.4 is 16.0 Å². The van der Waals surface area contributed by atoms with Gasteiger partial charge in [0.05, 0.1) is 0 Å². The molecule has 0 spiro atoms. The van der Waals surface area contributed by atoms with Crippen molar-refractivity contribution in [3.8, 4) is 0 Å². The minimum atomic E-state index is -0.445. The molecule has 100 valence electrons. The van der Waals surface area contributed by atoms with Crippen LogP contribution in [0, 0.1) is 0 Å². The molecule has 3 N–H and O–H groups in total. The zero-order valence-electron chi connectivity index (χ0n) is 11.5. The molecule has 0 radical (unpaired) electrons. The molecule has 1 rings (SSSR count). The number of hydrogen-bond acceptors (Lipinski definition) is 4. The van der Waals surface area contributed by atoms with E-state index in [1.165, 1.54) is 0 Å². The Balaban J connectivity index is 2.25. The molecule has 0 unspecified atom stereocenters. The highest BCUT2D eigenvalue weighted by atomic mass is 16.6. The van der Waals surface area contributed by atoms with E-state index in [4.69, 9.17) is 4.74 Å². The predicted molar refractivity (Wildman–Crippen MR) is 68.1 cm³/mol. The third-order valence-corrected chi connectivity index (χ3v) is 2.45. The molecule has 1 aliphatic rings. The molecule has 17 heavy (non-hydrogen) atoms. The third kappa shape index (κ3) is 5.89. The normalized spacial score (nSPS) is 17.5. The first-order chi connectivity index (χ1) is 7.68. The highest BCUT2D eigenvalue weighted by molar-refractivity contribution is 5.67. The van der Waals surface area contributed by atoms with E-state index in [0.717, 1.165) is 13.1 Å². The minimum Gasteiger partial charge on any atom is -0.444 e. The van der Waals surface area contributed by atoms with Crippen molar-refractivity contribution in [3.63, 3.8) is 0 Å². The summed E-state index contributed by atoms with van der Waals surface area (Å²) in [7, 11) is 0. The number of nitrogens with one attached hydrogen (secondary N) is 3. The summed E-state index contributed by atoms with van der Waals surface area (Å²) < 4.78 is 5.19. The fourth-order valence-electron chi connectivity index (χ4n) is 1.60. The van der Waals surface area contributed by atoms with Gasteiger partial charge in [-0.1, -0.05) is 0 Å². The molecule has 0 aromatic carbocycles. The van der Waals surface area contributed by atoms with Crippen LogP contribution in [0.3, 0.4) is 0 Å². The van der Waals surface area contributed by atoms with Crippen molar-refractivity contribution >= 4 is 6.09 Å². The van der Waals surface area contributed by atoms with Gasteiger partial charge in [-0.2, -0.15) is 0 Å². The molecule has 1 fully saturated rings. The number of carbonyl (C=O) groups is 1. The Hall–Kier alpha value is -0.810. The van der Waals surface area contributed by atoms with Gasteiger partial charge in [-0.3, -0.25) is 0 Å². The number of ether oxygens (including phenoxy) is 1. The van der Waals surface area contributed by atoms with E-state index in [1.54, 1.807) is 0 Å². The zero-order valence-corrected chi connectivity index (χ0v) is 11.5. The smallest absolute Gasteiger partial charge is 0.407 e. The van der Waals surface area contributed by atoms with Crippen LogP contribution in [0.2, 0.25) is 0 Å². The molecule has 5 nitrogen and oxygen atoms in total. The van der Waals surface area contributed by atoms with E-state index in [0.29, 0.717) is 12.6 Å². The first-order valence-corrected chi connectivity index (χ1v) is 6.13. The fraction of sp³-hybridized carbons (Fsp3) is 0.917. The van der Waals surface area contributed by atoms with E-state index >= 15 is 0 Å². The van der Waals surface area contributed by atoms with Crippen LogP contribution in [0.15, 0.2) is 0 Å². The fourth-order valence-corrected chi connectivity index (χ4v) is 1.60. The highest BCUT2D eigenvalue weighted by Crippen LogP contribution is 2.08. The van der Waals surface area contributed by atoms with Gasteiger partial charge in [0.15, 0.2) is 0 Å². The molecule has 1 amide bonds. The van der Waals surface area contributed by atoms with Gasteiger partial charge < -0.3 is 20.7 Å². The summed E-state index contributed by atoms with van der Waals surface area (Å²) in [6.07, 6.45) is -0.362. The Bertz CT molecular complexity index is 267. The summed E-state index contributed by atoms with van der Waals surface area (Å²) in [5, 5.41) is 9.47. The van der Waals surface area contributed by atoms with E-state index < -0.39 is 5.60 Å². The van der Waals surface area contributed by atoms with Crippen molar-refractivity contribution < 1.29 is 9.53 Å². The number of alkyl carbamates (subject to hydrolysis) is 1. The standard InChI is InChI=1S/C12H25N3O2/c1-11(2,3)17-10(16)14-8-12(4,5)15-9-6-13-7-9/h9,13,15H,6-8H2,1-5H3,(H,14,16). The topological polar surface area (TPSA) is 62.4 Å². The van der Waals surface area contributed by atoms with E-state index in [9.17, 15) is 4.79 Å². The van der Waals surface area contributed by atoms with E-state index in [1.807, 2.05) is 20.8 Å². The maximum absolute atomic E-state index is 11.5. The van der Waals surface area contributed by atoms with Crippen LogP contribution in [-0.4, -0.2) is 42.9 Å². The summed E-state index contributed by atoms with van der Waals surface area (Å²) in [5.41, 5.74) is -0.566. The quantitative estimate of drug-likeness (QED) is 0.685. The summed E-state index contributed by atoms with van der Waals surface area (Å²) in [4.78, 5) is 11.5. The van der Waals surface area contributed by atoms with Gasteiger partial charge in [-0.25, -0.2) is 4.79 Å². The lowest BCUT2D eigenvalue weighted by Crippen LogP contribution is -2.63. The molecule has 5 heteroatoms. The molecule has 0 aromatic rings. The lowest BCUT2D eigenvalue weighted by atomic mass is 10.0. The summed E-state index contributed by atoms with van der Waals surface area (Å²) in [5.74, 6) is 0. The number of carbonyl (C=O) groups excluding carboxylic acids is 1. The Kier molecular flexibility index (Phi) is 4.38. The molecule has 1 saturated heterocycles. The van der Waals surface area contributed by atoms with Crippen LogP contribution in [0.1, 0.15) is 34.6 Å². The Morgan fingerprint density at radius 2 is 1.88 bits per heavy atom. The van der Waals surface area contributed by atoms with Crippen molar-refractivity contribution in [2.24, 2.45) is 0 Å². The Morgan fingerprint density at radius 3 is 2.29 bits per heavy atom. The molecule has 0 aromatic heterocycles. The SMILES string of the molecule is CC(C)(CNC(=O)OC(C)(C)C)NC1CNC1. The molecular formula is C12H25N3O2. The van der Waals surface area contributed by atoms with Crippen LogP contribution >= 0.6 is 0 Å². The second-order valence-corrected chi connectivity index (χ2v) is 6.24. The summed E-state index contributed by atoms with van der Waals surface area (Å²) >= 11 is 0. The molecule has 1 heterocycles. The first kappa shape index (κ1) is 14.3. The molecule has 0 bridgehead atoms. The summed E-state index contributed by atoms with van der Waals surface area (Å²) in [6, 6.07) is 0.505. The first-order valence-electron chi connectivity index (χ1n) is 6.13. The number of amides is 1. The monoisotopic (exact) mass is 243 g/mol. The maximum atomic E-state index is 11.5. The molecule has 0 saturated carbocycles. The lowest BCUT2D eigenvalue weighted by Gasteiger charge is -2.37. The average molecular weight is 243 g/mol. The molecule has 0 aliphatic carbocycles. The van der Waals surface area contributed by atoms with Gasteiger partial charge >= 0.3 is 6.09 Å². The largest absolute Gasteiger partial charge is 0.444 e. The number of hydrogen-bond donors (Lipinski definition) is 3. The highest BCUT2D eigenvalue weighted by Gasteiger charge is 2.26. The maximum Gasteiger partial charge on any atom is 0.407 e. The van der Waals surface area contributed by atoms with E-state index in [2.05, 4.69) is 29.8 Å². The van der Waals surface area contributed by atoms with Crippen molar-refractivity contribution in [3.05, 3.63) is 0 Å². The van der Waals surface area contributed by atoms with Crippen LogP contribution in [-0.2, 0) is 4.74 Å². The second kappa shape index (κ2) is 5.23. The third-order valence-electron chi connectivity index (χ3n) is 2.45. The van der Waals surface area contributed by atoms with Gasteiger partial charge in [0, 0.05) is 31.2 Å². The van der Waals surface area contributed by atoms with Gasteiger partial charge in [0.2, 0.25) is 0 Å². The van der Waals surface area contributed by atoms with Crippen LogP contribution in [0.5, 0.6) is 0 Å². The number of rotatable bonds is 4. The predicted octanol–water partition coefficient (Wildman–Crippen LogP) is 0.851. The minimum absolute atomic E-state index is 0.121. The lowest BCUT2D eigenvalue weighted by molar-refractivity contribution is 0.0510. The zero-order chi connectivity index (χ0) is 13.1. The molecular weight excluding hydrogens is 218 g/mol. The van der Waals surface area contributed by atoms with Crippen molar-refractivity contribution in [2.75, 3.05) is 19.6 Å².